The van der Waals surface area contributed by atoms with Crippen LogP contribution in [0.4, 0.5) is 0 Å². The SMILES string of the molecule is COc1cc(-c2nocc2-c2ccc3c(ccn3C)c2)cc2c1ONO2. The molecule has 26 heavy (non-hydrogen) atoms. The van der Waals surface area contributed by atoms with Gasteiger partial charge in [0.25, 0.3) is 0 Å². The smallest absolute Gasteiger partial charge is 0.237 e. The molecule has 0 radical (unpaired) electrons. The van der Waals surface area contributed by atoms with Crippen LogP contribution in [0, 0.1) is 0 Å². The lowest BCUT2D eigenvalue weighted by Gasteiger charge is -2.07. The predicted octanol–water partition coefficient (Wildman–Crippen LogP) is 3.70. The summed E-state index contributed by atoms with van der Waals surface area (Å²) >= 11 is 0. The minimum absolute atomic E-state index is 0.506. The number of nitrogens with zero attached hydrogens (tertiary/aromatic N) is 2. The van der Waals surface area contributed by atoms with Gasteiger partial charge in [0.2, 0.25) is 11.5 Å². The third kappa shape index (κ3) is 2.14. The maximum absolute atomic E-state index is 5.40. The highest BCUT2D eigenvalue weighted by Gasteiger charge is 2.24. The van der Waals surface area contributed by atoms with Crippen LogP contribution in [0.5, 0.6) is 17.2 Å². The van der Waals surface area contributed by atoms with E-state index in [2.05, 4.69) is 39.6 Å². The summed E-state index contributed by atoms with van der Waals surface area (Å²) in [7, 11) is 3.61. The predicted molar refractivity (Wildman–Crippen MR) is 94.8 cm³/mol. The first-order valence-electron chi connectivity index (χ1n) is 8.05. The van der Waals surface area contributed by atoms with Gasteiger partial charge in [-0.1, -0.05) is 11.2 Å². The van der Waals surface area contributed by atoms with Crippen LogP contribution in [0.2, 0.25) is 0 Å². The van der Waals surface area contributed by atoms with E-state index in [0.717, 1.165) is 22.1 Å². The van der Waals surface area contributed by atoms with E-state index in [1.165, 1.54) is 5.52 Å². The molecular weight excluding hydrogens is 334 g/mol. The zero-order chi connectivity index (χ0) is 17.7. The molecule has 0 amide bonds. The fraction of sp³-hybridized carbons (Fsp3) is 0.105. The summed E-state index contributed by atoms with van der Waals surface area (Å²) < 4.78 is 12.8. The van der Waals surface area contributed by atoms with Gasteiger partial charge in [-0.05, 0) is 35.9 Å². The Hall–Kier alpha value is -3.45. The molecule has 2 aromatic carbocycles. The number of hydrogen-bond acceptors (Lipinski definition) is 6. The summed E-state index contributed by atoms with van der Waals surface area (Å²) in [5, 5.41) is 5.35. The monoisotopic (exact) mass is 349 g/mol. The van der Waals surface area contributed by atoms with E-state index < -0.39 is 0 Å². The second-order valence-corrected chi connectivity index (χ2v) is 6.07. The molecule has 0 unspecified atom stereocenters. The van der Waals surface area contributed by atoms with Gasteiger partial charge in [0.05, 0.1) is 7.11 Å². The fourth-order valence-corrected chi connectivity index (χ4v) is 3.25. The average Bonchev–Trinajstić information content (AvgIpc) is 3.40. The molecule has 2 aromatic heterocycles. The zero-order valence-electron chi connectivity index (χ0n) is 14.1. The van der Waals surface area contributed by atoms with Crippen molar-refractivity contribution in [2.45, 2.75) is 0 Å². The van der Waals surface area contributed by atoms with Crippen molar-refractivity contribution in [1.82, 2.24) is 15.4 Å². The fourth-order valence-electron chi connectivity index (χ4n) is 3.25. The molecule has 3 heterocycles. The van der Waals surface area contributed by atoms with E-state index in [4.69, 9.17) is 18.9 Å². The van der Waals surface area contributed by atoms with Gasteiger partial charge in [-0.3, -0.25) is 0 Å². The summed E-state index contributed by atoms with van der Waals surface area (Å²) in [6, 6.07) is 12.0. The van der Waals surface area contributed by atoms with E-state index in [1.54, 1.807) is 13.4 Å². The Labute approximate surface area is 148 Å². The minimum atomic E-state index is 0.506. The Balaban J connectivity index is 1.65. The van der Waals surface area contributed by atoms with E-state index >= 15 is 0 Å². The van der Waals surface area contributed by atoms with Crippen molar-refractivity contribution in [3.63, 3.8) is 0 Å². The molecule has 0 atom stereocenters. The van der Waals surface area contributed by atoms with Crippen LogP contribution in [-0.2, 0) is 7.05 Å². The van der Waals surface area contributed by atoms with Crippen molar-refractivity contribution in [3.05, 3.63) is 48.9 Å². The molecule has 5 rings (SSSR count). The highest BCUT2D eigenvalue weighted by atomic mass is 16.9. The van der Waals surface area contributed by atoms with Crippen LogP contribution in [0.3, 0.4) is 0 Å². The van der Waals surface area contributed by atoms with Crippen LogP contribution in [0.15, 0.2) is 53.4 Å². The van der Waals surface area contributed by atoms with Gasteiger partial charge < -0.3 is 23.5 Å². The van der Waals surface area contributed by atoms with E-state index in [1.807, 2.05) is 25.4 Å². The molecular formula is C19H15N3O4. The van der Waals surface area contributed by atoms with Crippen molar-refractivity contribution in [2.75, 3.05) is 7.11 Å². The third-order valence-electron chi connectivity index (χ3n) is 4.58. The Kier molecular flexibility index (Phi) is 3.16. The number of rotatable bonds is 3. The first kappa shape index (κ1) is 14.9. The highest BCUT2D eigenvalue weighted by molar-refractivity contribution is 5.89. The molecule has 4 aromatic rings. The molecule has 1 N–H and O–H groups in total. The van der Waals surface area contributed by atoms with Gasteiger partial charge in [0, 0.05) is 40.9 Å². The molecule has 0 fully saturated rings. The molecule has 7 heteroatoms. The minimum Gasteiger partial charge on any atom is -0.493 e. The van der Waals surface area contributed by atoms with Gasteiger partial charge in [0.15, 0.2) is 5.75 Å². The van der Waals surface area contributed by atoms with Crippen LogP contribution < -0.4 is 20.1 Å². The number of ether oxygens (including phenoxy) is 1. The van der Waals surface area contributed by atoms with Crippen molar-refractivity contribution >= 4 is 10.9 Å². The van der Waals surface area contributed by atoms with Crippen molar-refractivity contribution < 1.29 is 18.9 Å². The molecule has 0 saturated carbocycles. The maximum Gasteiger partial charge on any atom is 0.237 e. The topological polar surface area (TPSA) is 70.7 Å². The zero-order valence-corrected chi connectivity index (χ0v) is 14.1. The molecule has 7 nitrogen and oxygen atoms in total. The summed E-state index contributed by atoms with van der Waals surface area (Å²) in [5.74, 6) is 1.59. The Morgan fingerprint density at radius 1 is 1.08 bits per heavy atom. The Morgan fingerprint density at radius 3 is 2.88 bits per heavy atom. The van der Waals surface area contributed by atoms with Gasteiger partial charge in [0.1, 0.15) is 12.0 Å². The molecule has 0 aliphatic carbocycles. The molecule has 1 aliphatic rings. The Morgan fingerprint density at radius 2 is 2.00 bits per heavy atom. The highest BCUT2D eigenvalue weighted by Crippen LogP contribution is 2.44. The van der Waals surface area contributed by atoms with Crippen LogP contribution in [-0.4, -0.2) is 16.8 Å². The lowest BCUT2D eigenvalue weighted by atomic mass is 10.00. The second kappa shape index (κ2) is 5.53. The van der Waals surface area contributed by atoms with Gasteiger partial charge in [-0.2, -0.15) is 0 Å². The van der Waals surface area contributed by atoms with Gasteiger partial charge >= 0.3 is 0 Å². The van der Waals surface area contributed by atoms with Crippen molar-refractivity contribution in [3.8, 4) is 39.6 Å². The van der Waals surface area contributed by atoms with E-state index in [-0.39, 0.29) is 0 Å². The summed E-state index contributed by atoms with van der Waals surface area (Å²) in [4.78, 5) is 10.5. The van der Waals surface area contributed by atoms with E-state index in [9.17, 15) is 0 Å². The second-order valence-electron chi connectivity index (χ2n) is 6.07. The lowest BCUT2D eigenvalue weighted by Crippen LogP contribution is -2.14. The van der Waals surface area contributed by atoms with Gasteiger partial charge in [-0.25, -0.2) is 0 Å². The largest absolute Gasteiger partial charge is 0.493 e. The summed E-state index contributed by atoms with van der Waals surface area (Å²) in [5.41, 5.74) is 6.98. The molecule has 1 aliphatic heterocycles. The number of aromatic nitrogens is 2. The van der Waals surface area contributed by atoms with Crippen molar-refractivity contribution in [2.24, 2.45) is 7.05 Å². The van der Waals surface area contributed by atoms with Gasteiger partial charge in [-0.15, -0.1) is 0 Å². The summed E-state index contributed by atoms with van der Waals surface area (Å²) in [6.45, 7) is 0. The quantitative estimate of drug-likeness (QED) is 0.608. The molecule has 130 valence electrons. The number of methoxy groups -OCH3 is 1. The van der Waals surface area contributed by atoms with Crippen LogP contribution in [0.1, 0.15) is 0 Å². The molecule has 0 saturated heterocycles. The van der Waals surface area contributed by atoms with Crippen LogP contribution >= 0.6 is 0 Å². The van der Waals surface area contributed by atoms with E-state index in [0.29, 0.717) is 22.9 Å². The number of nitrogens with one attached hydrogen (secondary N) is 1. The standard InChI is InChI=1S/C19H15N3O4/c1-22-6-5-12-7-11(3-4-15(12)22)14-10-24-20-18(14)13-8-16(23-2)19-17(9-13)25-21-26-19/h3-10,21H,1-2H3. The van der Waals surface area contributed by atoms with Crippen LogP contribution in [0.25, 0.3) is 33.3 Å². The molecule has 0 bridgehead atoms. The third-order valence-corrected chi connectivity index (χ3v) is 4.58. The number of hydrogen-bond donors (Lipinski definition) is 1. The normalized spacial score (nSPS) is 12.7. The average molecular weight is 349 g/mol. The summed E-state index contributed by atoms with van der Waals surface area (Å²) in [6.07, 6.45) is 3.69. The number of fused-ring (bicyclic) bond motifs is 2. The van der Waals surface area contributed by atoms with Crippen molar-refractivity contribution in [1.29, 1.82) is 0 Å². The number of benzene rings is 2. The number of aryl methyl sites for hydroxylation is 1. The molecule has 0 spiro atoms. The first-order valence-corrected chi connectivity index (χ1v) is 8.05. The maximum atomic E-state index is 5.40. The lowest BCUT2D eigenvalue weighted by molar-refractivity contribution is 0.0248. The first-order chi connectivity index (χ1) is 12.7. The Bertz CT molecular complexity index is 1130.